The Labute approximate surface area is 265 Å². The molecule has 1 fully saturated rings. The first-order chi connectivity index (χ1) is 22.4. The summed E-state index contributed by atoms with van der Waals surface area (Å²) in [6.07, 6.45) is 13.9. The predicted octanol–water partition coefficient (Wildman–Crippen LogP) is 6.83. The van der Waals surface area contributed by atoms with Crippen molar-refractivity contribution >= 4 is 33.5 Å². The fraction of sp³-hybridized carbons (Fsp3) is 0.286. The highest BCUT2D eigenvalue weighted by molar-refractivity contribution is 6.01. The molecule has 7 rings (SSSR count). The van der Waals surface area contributed by atoms with Crippen molar-refractivity contribution < 1.29 is 13.9 Å². The molecule has 11 heteroatoms. The molecule has 1 saturated carbocycles. The smallest absolute Gasteiger partial charge is 0.227 e. The molecule has 1 aliphatic carbocycles. The fourth-order valence-electron chi connectivity index (χ4n) is 6.10. The molecule has 0 unspecified atom stereocenters. The number of fused-ring (bicyclic) bond motifs is 2. The van der Waals surface area contributed by atoms with E-state index in [4.69, 9.17) is 4.74 Å². The number of anilines is 1. The van der Waals surface area contributed by atoms with Gasteiger partial charge in [0.05, 0.1) is 35.0 Å². The van der Waals surface area contributed by atoms with Gasteiger partial charge in [-0.05, 0) is 62.8 Å². The second-order valence-corrected chi connectivity index (χ2v) is 12.1. The number of ether oxygens (including phenoxy) is 1. The van der Waals surface area contributed by atoms with Gasteiger partial charge in [0.1, 0.15) is 18.2 Å². The third kappa shape index (κ3) is 6.18. The standard InChI is InChI=1S/C35H35FN8O2/c1-44(2)8-9-46-27-12-22(10-25(36)14-27)30-19-38-20-32-28(30)15-31(41-32)33-29-13-24(17-39-34(29)43-42-33)23-11-26(18-37-16-23)40-35(45)21-6-4-3-5-7-21/h10-21,41H,3-9H2,1-2H3,(H,40,45)(H,39,42,43). The van der Waals surface area contributed by atoms with Gasteiger partial charge in [0, 0.05) is 64.6 Å². The number of carbonyl (C=O) groups is 1. The number of nitrogens with one attached hydrogen (secondary N) is 3. The highest BCUT2D eigenvalue weighted by Crippen LogP contribution is 2.36. The summed E-state index contributed by atoms with van der Waals surface area (Å²) in [5.41, 5.74) is 6.70. The lowest BCUT2D eigenvalue weighted by molar-refractivity contribution is -0.120. The van der Waals surface area contributed by atoms with Gasteiger partial charge in [-0.25, -0.2) is 9.37 Å². The van der Waals surface area contributed by atoms with Crippen molar-refractivity contribution in [3.05, 3.63) is 73.2 Å². The van der Waals surface area contributed by atoms with Crippen LogP contribution < -0.4 is 10.1 Å². The lowest BCUT2D eigenvalue weighted by Gasteiger charge is -2.20. The SMILES string of the molecule is CN(C)CCOc1cc(F)cc(-c2cncc3[nH]c(-c4[nH]nc5ncc(-c6cncc(NC(=O)C7CCCCC7)c6)cc45)cc23)c1. The van der Waals surface area contributed by atoms with Gasteiger partial charge < -0.3 is 19.9 Å². The molecule has 0 spiro atoms. The number of likely N-dealkylation sites (N-methyl/N-ethyl adjacent to an activating group) is 1. The molecule has 5 aromatic heterocycles. The van der Waals surface area contributed by atoms with Crippen molar-refractivity contribution in [3.63, 3.8) is 0 Å². The van der Waals surface area contributed by atoms with Crippen LogP contribution in [0.1, 0.15) is 32.1 Å². The second-order valence-electron chi connectivity index (χ2n) is 12.1. The number of hydrogen-bond acceptors (Lipinski definition) is 7. The molecule has 0 atom stereocenters. The summed E-state index contributed by atoms with van der Waals surface area (Å²) >= 11 is 0. The molecule has 234 valence electrons. The number of carbonyl (C=O) groups excluding carboxylic acids is 1. The largest absolute Gasteiger partial charge is 0.492 e. The number of nitrogens with zero attached hydrogens (tertiary/aromatic N) is 5. The van der Waals surface area contributed by atoms with Crippen LogP contribution in [0.3, 0.4) is 0 Å². The van der Waals surface area contributed by atoms with Gasteiger partial charge in [-0.2, -0.15) is 5.10 Å². The summed E-state index contributed by atoms with van der Waals surface area (Å²) in [5.74, 6) is 0.203. The fourth-order valence-corrected chi connectivity index (χ4v) is 6.10. The van der Waals surface area contributed by atoms with Gasteiger partial charge in [-0.3, -0.25) is 19.9 Å². The quantitative estimate of drug-likeness (QED) is 0.162. The zero-order chi connectivity index (χ0) is 31.6. The maximum atomic E-state index is 14.7. The van der Waals surface area contributed by atoms with E-state index in [2.05, 4.69) is 35.5 Å². The van der Waals surface area contributed by atoms with E-state index in [-0.39, 0.29) is 17.6 Å². The topological polar surface area (TPSA) is 125 Å². The van der Waals surface area contributed by atoms with Crippen molar-refractivity contribution in [1.82, 2.24) is 35.0 Å². The zero-order valence-electron chi connectivity index (χ0n) is 25.8. The van der Waals surface area contributed by atoms with Gasteiger partial charge in [0.25, 0.3) is 0 Å². The summed E-state index contributed by atoms with van der Waals surface area (Å²) in [6.45, 7) is 1.17. The van der Waals surface area contributed by atoms with E-state index in [1.807, 2.05) is 43.3 Å². The summed E-state index contributed by atoms with van der Waals surface area (Å²) in [7, 11) is 3.93. The number of pyridine rings is 3. The summed E-state index contributed by atoms with van der Waals surface area (Å²) in [4.78, 5) is 31.7. The predicted molar refractivity (Wildman–Crippen MR) is 177 cm³/mol. The Hall–Kier alpha value is -5.16. The Kier molecular flexibility index (Phi) is 8.15. The summed E-state index contributed by atoms with van der Waals surface area (Å²) in [5, 5.41) is 12.3. The monoisotopic (exact) mass is 618 g/mol. The van der Waals surface area contributed by atoms with E-state index in [9.17, 15) is 9.18 Å². The number of benzene rings is 1. The molecule has 1 aromatic carbocycles. The van der Waals surface area contributed by atoms with E-state index in [0.717, 1.165) is 76.6 Å². The molecule has 1 amide bonds. The van der Waals surface area contributed by atoms with E-state index in [0.29, 0.717) is 29.3 Å². The van der Waals surface area contributed by atoms with Gasteiger partial charge in [0.15, 0.2) is 5.65 Å². The van der Waals surface area contributed by atoms with Crippen molar-refractivity contribution in [3.8, 4) is 39.4 Å². The zero-order valence-corrected chi connectivity index (χ0v) is 25.8. The molecular formula is C35H35FN8O2. The highest BCUT2D eigenvalue weighted by atomic mass is 19.1. The van der Waals surface area contributed by atoms with Crippen LogP contribution in [-0.4, -0.2) is 68.2 Å². The van der Waals surface area contributed by atoms with Crippen LogP contribution in [0.25, 0.3) is 55.6 Å². The molecule has 0 bridgehead atoms. The lowest BCUT2D eigenvalue weighted by atomic mass is 9.88. The molecule has 0 saturated heterocycles. The number of amides is 1. The van der Waals surface area contributed by atoms with E-state index in [1.165, 1.54) is 18.6 Å². The van der Waals surface area contributed by atoms with Crippen LogP contribution >= 0.6 is 0 Å². The number of rotatable bonds is 9. The van der Waals surface area contributed by atoms with E-state index < -0.39 is 0 Å². The Morgan fingerprint density at radius 1 is 0.935 bits per heavy atom. The first kappa shape index (κ1) is 29.5. The minimum absolute atomic E-state index is 0.0559. The molecule has 0 radical (unpaired) electrons. The van der Waals surface area contributed by atoms with E-state index in [1.54, 1.807) is 31.0 Å². The van der Waals surface area contributed by atoms with Crippen molar-refractivity contribution in [2.45, 2.75) is 32.1 Å². The Balaban J connectivity index is 1.19. The first-order valence-electron chi connectivity index (χ1n) is 15.6. The maximum absolute atomic E-state index is 14.7. The molecule has 46 heavy (non-hydrogen) atoms. The van der Waals surface area contributed by atoms with Gasteiger partial charge in [-0.15, -0.1) is 0 Å². The molecule has 10 nitrogen and oxygen atoms in total. The molecule has 3 N–H and O–H groups in total. The number of H-pyrrole nitrogens is 2. The maximum Gasteiger partial charge on any atom is 0.227 e. The van der Waals surface area contributed by atoms with Crippen molar-refractivity contribution in [1.29, 1.82) is 0 Å². The van der Waals surface area contributed by atoms with Gasteiger partial charge in [0.2, 0.25) is 5.91 Å². The van der Waals surface area contributed by atoms with E-state index >= 15 is 0 Å². The van der Waals surface area contributed by atoms with Gasteiger partial charge >= 0.3 is 0 Å². The number of hydrogen-bond donors (Lipinski definition) is 3. The Bertz CT molecular complexity index is 2030. The Morgan fingerprint density at radius 3 is 2.61 bits per heavy atom. The van der Waals surface area contributed by atoms with Crippen LogP contribution in [0.5, 0.6) is 5.75 Å². The average molecular weight is 619 g/mol. The van der Waals surface area contributed by atoms with Crippen LogP contribution in [0.4, 0.5) is 10.1 Å². The molecule has 6 aromatic rings. The number of aromatic amines is 2. The summed E-state index contributed by atoms with van der Waals surface area (Å²) in [6, 6.07) is 10.7. The molecule has 1 aliphatic rings. The van der Waals surface area contributed by atoms with Crippen molar-refractivity contribution in [2.24, 2.45) is 5.92 Å². The normalized spacial score (nSPS) is 13.9. The summed E-state index contributed by atoms with van der Waals surface area (Å²) < 4.78 is 20.5. The van der Waals surface area contributed by atoms with Crippen LogP contribution in [0.15, 0.2) is 67.4 Å². The number of halogens is 1. The average Bonchev–Trinajstić information content (AvgIpc) is 3.69. The second kappa shape index (κ2) is 12.7. The minimum atomic E-state index is -0.379. The highest BCUT2D eigenvalue weighted by Gasteiger charge is 2.21. The van der Waals surface area contributed by atoms with Crippen LogP contribution in [0, 0.1) is 11.7 Å². The van der Waals surface area contributed by atoms with Crippen LogP contribution in [0.2, 0.25) is 0 Å². The lowest BCUT2D eigenvalue weighted by Crippen LogP contribution is -2.24. The molecule has 0 aliphatic heterocycles. The van der Waals surface area contributed by atoms with Gasteiger partial charge in [-0.1, -0.05) is 19.3 Å². The third-order valence-electron chi connectivity index (χ3n) is 8.53. The molecular weight excluding hydrogens is 583 g/mol. The first-order valence-corrected chi connectivity index (χ1v) is 15.6. The minimum Gasteiger partial charge on any atom is -0.492 e. The molecule has 5 heterocycles. The Morgan fingerprint density at radius 2 is 1.76 bits per heavy atom. The third-order valence-corrected chi connectivity index (χ3v) is 8.53. The number of aromatic nitrogens is 6. The van der Waals surface area contributed by atoms with Crippen molar-refractivity contribution in [2.75, 3.05) is 32.6 Å². The van der Waals surface area contributed by atoms with Crippen LogP contribution in [-0.2, 0) is 4.79 Å².